The third-order valence-corrected chi connectivity index (χ3v) is 6.19. The molecular weight excluding hydrogens is 380 g/mol. The monoisotopic (exact) mass is 420 g/mol. The Bertz CT molecular complexity index is 950. The molecule has 0 unspecified atom stereocenters. The van der Waals surface area contributed by atoms with E-state index < -0.39 is 0 Å². The molecular formula is C29H40O2. The number of phenolic OH excluding ortho intramolecular Hbond substituents is 1. The fraction of sp³-hybridized carbons (Fsp3) is 0.448. The summed E-state index contributed by atoms with van der Waals surface area (Å²) < 4.78 is 6.46. The summed E-state index contributed by atoms with van der Waals surface area (Å²) in [5, 5.41) is 10.4. The molecule has 0 radical (unpaired) electrons. The van der Waals surface area contributed by atoms with Crippen molar-refractivity contribution in [3.05, 3.63) is 81.5 Å². The van der Waals surface area contributed by atoms with Gasteiger partial charge in [-0.2, -0.15) is 0 Å². The van der Waals surface area contributed by atoms with Gasteiger partial charge in [-0.1, -0.05) is 53.2 Å². The van der Waals surface area contributed by atoms with Crippen LogP contribution in [0.2, 0.25) is 0 Å². The van der Waals surface area contributed by atoms with Crippen LogP contribution in [0.25, 0.3) is 0 Å². The van der Waals surface area contributed by atoms with Gasteiger partial charge in [-0.05, 0) is 104 Å². The van der Waals surface area contributed by atoms with Crippen LogP contribution in [-0.4, -0.2) is 10.7 Å². The third kappa shape index (κ3) is 6.75. The first-order valence-corrected chi connectivity index (χ1v) is 11.4. The number of benzene rings is 1. The summed E-state index contributed by atoms with van der Waals surface area (Å²) >= 11 is 0. The van der Waals surface area contributed by atoms with Gasteiger partial charge in [0, 0.05) is 5.56 Å². The minimum atomic E-state index is -0.338. The minimum Gasteiger partial charge on any atom is -0.507 e. The highest BCUT2D eigenvalue weighted by Crippen LogP contribution is 2.43. The van der Waals surface area contributed by atoms with Gasteiger partial charge < -0.3 is 9.84 Å². The average molecular weight is 421 g/mol. The van der Waals surface area contributed by atoms with Crippen LogP contribution >= 0.6 is 0 Å². The van der Waals surface area contributed by atoms with Gasteiger partial charge in [-0.15, -0.1) is 0 Å². The Morgan fingerprint density at radius 2 is 1.71 bits per heavy atom. The fourth-order valence-corrected chi connectivity index (χ4v) is 3.88. The average Bonchev–Trinajstić information content (AvgIpc) is 2.70. The zero-order valence-electron chi connectivity index (χ0n) is 20.7. The van der Waals surface area contributed by atoms with Crippen molar-refractivity contribution in [2.24, 2.45) is 0 Å². The first kappa shape index (κ1) is 24.8. The van der Waals surface area contributed by atoms with E-state index in [4.69, 9.17) is 4.74 Å². The summed E-state index contributed by atoms with van der Waals surface area (Å²) in [6.45, 7) is 16.7. The molecule has 1 aliphatic rings. The fourth-order valence-electron chi connectivity index (χ4n) is 3.88. The van der Waals surface area contributed by atoms with Crippen LogP contribution in [0.1, 0.15) is 76.1 Å². The largest absolute Gasteiger partial charge is 0.507 e. The second-order valence-electron chi connectivity index (χ2n) is 9.41. The van der Waals surface area contributed by atoms with E-state index in [0.717, 1.165) is 53.7 Å². The summed E-state index contributed by atoms with van der Waals surface area (Å²) in [5.41, 5.74) is 7.69. The predicted molar refractivity (Wildman–Crippen MR) is 134 cm³/mol. The molecule has 0 fully saturated rings. The minimum absolute atomic E-state index is 0.338. The molecule has 0 aliphatic carbocycles. The molecule has 0 spiro atoms. The molecule has 2 heteroatoms. The topological polar surface area (TPSA) is 29.5 Å². The van der Waals surface area contributed by atoms with Crippen molar-refractivity contribution in [1.29, 1.82) is 0 Å². The summed E-state index contributed by atoms with van der Waals surface area (Å²) in [6, 6.07) is 0. The maximum atomic E-state index is 10.4. The van der Waals surface area contributed by atoms with Crippen molar-refractivity contribution >= 4 is 0 Å². The molecule has 0 saturated heterocycles. The number of phenols is 1. The van der Waals surface area contributed by atoms with Gasteiger partial charge in [0.2, 0.25) is 0 Å². The standard InChI is InChI=1S/C29H40O2/c1-20(2)12-9-13-21(3)14-10-15-22(4)16-11-18-29(8)19-17-26-25(7)27(30)23(5)24(6)28(26)31-29/h10-12,14-16,18,30H,9,13,17,19H2,1-8H3/b15-10+,18-11+,21-14+,22-16+/t29-/m0/s1. The smallest absolute Gasteiger partial charge is 0.127 e. The van der Waals surface area contributed by atoms with E-state index in [0.29, 0.717) is 5.75 Å². The first-order chi connectivity index (χ1) is 14.5. The van der Waals surface area contributed by atoms with Crippen molar-refractivity contribution in [3.63, 3.8) is 0 Å². The Labute approximate surface area is 189 Å². The lowest BCUT2D eigenvalue weighted by atomic mass is 9.87. The van der Waals surface area contributed by atoms with Crippen molar-refractivity contribution in [1.82, 2.24) is 0 Å². The lowest BCUT2D eigenvalue weighted by Gasteiger charge is -2.36. The van der Waals surface area contributed by atoms with Gasteiger partial charge in [0.05, 0.1) is 0 Å². The van der Waals surface area contributed by atoms with Crippen LogP contribution in [-0.2, 0) is 6.42 Å². The van der Waals surface area contributed by atoms with Crippen LogP contribution in [0.5, 0.6) is 11.5 Å². The number of hydrogen-bond acceptors (Lipinski definition) is 2. The van der Waals surface area contributed by atoms with Gasteiger partial charge in [0.15, 0.2) is 0 Å². The normalized spacial score (nSPS) is 19.6. The zero-order chi connectivity index (χ0) is 23.2. The SMILES string of the molecule is CC(C)=CCC/C(C)=C/C=C/C(C)=C/C=C/[C@@]1(C)CCc2c(C)c(O)c(C)c(C)c2O1. The second kappa shape index (κ2) is 10.7. The Balaban J connectivity index is 2.04. The van der Waals surface area contributed by atoms with Crippen molar-refractivity contribution in [2.45, 2.75) is 86.7 Å². The van der Waals surface area contributed by atoms with E-state index in [9.17, 15) is 5.11 Å². The molecule has 2 nitrogen and oxygen atoms in total. The highest BCUT2D eigenvalue weighted by molar-refractivity contribution is 5.58. The van der Waals surface area contributed by atoms with Gasteiger partial charge >= 0.3 is 0 Å². The maximum Gasteiger partial charge on any atom is 0.127 e. The van der Waals surface area contributed by atoms with Crippen molar-refractivity contribution < 1.29 is 9.84 Å². The molecule has 1 heterocycles. The molecule has 0 saturated carbocycles. The maximum absolute atomic E-state index is 10.4. The van der Waals surface area contributed by atoms with Gasteiger partial charge in [0.1, 0.15) is 17.1 Å². The van der Waals surface area contributed by atoms with E-state index in [1.165, 1.54) is 16.7 Å². The molecule has 31 heavy (non-hydrogen) atoms. The molecule has 1 aromatic carbocycles. The summed E-state index contributed by atoms with van der Waals surface area (Å²) in [5.74, 6) is 1.35. The highest BCUT2D eigenvalue weighted by atomic mass is 16.5. The molecule has 1 aliphatic heterocycles. The van der Waals surface area contributed by atoms with Crippen LogP contribution in [0.4, 0.5) is 0 Å². The third-order valence-electron chi connectivity index (χ3n) is 6.19. The summed E-state index contributed by atoms with van der Waals surface area (Å²) in [6.07, 6.45) is 19.2. The van der Waals surface area contributed by atoms with Crippen molar-refractivity contribution in [2.75, 3.05) is 0 Å². The van der Waals surface area contributed by atoms with E-state index in [2.05, 4.69) is 77.2 Å². The van der Waals surface area contributed by atoms with E-state index in [1.54, 1.807) is 0 Å². The Kier molecular flexibility index (Phi) is 8.56. The Morgan fingerprint density at radius 3 is 2.39 bits per heavy atom. The Hall–Kier alpha value is -2.48. The highest BCUT2D eigenvalue weighted by Gasteiger charge is 2.32. The molecule has 1 aromatic rings. The Morgan fingerprint density at radius 1 is 1.00 bits per heavy atom. The molecule has 0 amide bonds. The summed E-state index contributed by atoms with van der Waals surface area (Å²) in [4.78, 5) is 0. The predicted octanol–water partition coefficient (Wildman–Crippen LogP) is 8.15. The van der Waals surface area contributed by atoms with Gasteiger partial charge in [-0.25, -0.2) is 0 Å². The van der Waals surface area contributed by atoms with Gasteiger partial charge in [-0.3, -0.25) is 0 Å². The van der Waals surface area contributed by atoms with E-state index in [-0.39, 0.29) is 5.60 Å². The summed E-state index contributed by atoms with van der Waals surface area (Å²) in [7, 11) is 0. The van der Waals surface area contributed by atoms with E-state index in [1.807, 2.05) is 20.8 Å². The molecule has 2 rings (SSSR count). The van der Waals surface area contributed by atoms with Crippen LogP contribution in [0.3, 0.4) is 0 Å². The van der Waals surface area contributed by atoms with Crippen LogP contribution in [0.15, 0.2) is 59.3 Å². The molecule has 168 valence electrons. The quantitative estimate of drug-likeness (QED) is 0.356. The van der Waals surface area contributed by atoms with Crippen molar-refractivity contribution in [3.8, 4) is 11.5 Å². The number of rotatable bonds is 7. The second-order valence-corrected chi connectivity index (χ2v) is 9.41. The number of hydrogen-bond donors (Lipinski definition) is 1. The van der Waals surface area contributed by atoms with Crippen LogP contribution < -0.4 is 4.74 Å². The lowest BCUT2D eigenvalue weighted by Crippen LogP contribution is -2.35. The first-order valence-electron chi connectivity index (χ1n) is 11.4. The molecule has 1 atom stereocenters. The number of fused-ring (bicyclic) bond motifs is 1. The molecule has 1 N–H and O–H groups in total. The molecule has 0 aromatic heterocycles. The number of aromatic hydroxyl groups is 1. The number of allylic oxidation sites excluding steroid dienone is 9. The van der Waals surface area contributed by atoms with Gasteiger partial charge in [0.25, 0.3) is 0 Å². The molecule has 0 bridgehead atoms. The van der Waals surface area contributed by atoms with Crippen LogP contribution in [0, 0.1) is 20.8 Å². The zero-order valence-corrected chi connectivity index (χ0v) is 20.7. The lowest BCUT2D eigenvalue weighted by molar-refractivity contribution is 0.112. The van der Waals surface area contributed by atoms with E-state index >= 15 is 0 Å². The number of ether oxygens (including phenoxy) is 1.